The molecular weight excluding hydrogens is 380 g/mol. The van der Waals surface area contributed by atoms with Crippen molar-refractivity contribution in [2.75, 3.05) is 0 Å². The zero-order valence-electron chi connectivity index (χ0n) is 16.7. The molecule has 3 aromatic rings. The number of carbonyl (C=O) groups is 2. The Bertz CT molecular complexity index is 1020. The molecule has 0 aliphatic carbocycles. The molecule has 1 aromatic heterocycles. The Labute approximate surface area is 175 Å². The summed E-state index contributed by atoms with van der Waals surface area (Å²) in [7, 11) is 0. The molecular formula is C24H24N2O2S. The lowest BCUT2D eigenvalue weighted by Gasteiger charge is -2.17. The summed E-state index contributed by atoms with van der Waals surface area (Å²) in [5.41, 5.74) is 3.89. The van der Waals surface area contributed by atoms with Crippen LogP contribution in [0.4, 0.5) is 0 Å². The van der Waals surface area contributed by atoms with Crippen LogP contribution in [0.2, 0.25) is 0 Å². The summed E-state index contributed by atoms with van der Waals surface area (Å²) in [4.78, 5) is 26.6. The van der Waals surface area contributed by atoms with Gasteiger partial charge < -0.3 is 10.6 Å². The van der Waals surface area contributed by atoms with Gasteiger partial charge in [0, 0.05) is 10.4 Å². The van der Waals surface area contributed by atoms with Crippen molar-refractivity contribution in [1.82, 2.24) is 10.6 Å². The van der Waals surface area contributed by atoms with E-state index >= 15 is 0 Å². The predicted octanol–water partition coefficient (Wildman–Crippen LogP) is 5.01. The van der Waals surface area contributed by atoms with Gasteiger partial charge in [0.05, 0.1) is 6.04 Å². The molecule has 1 heterocycles. The third-order valence-corrected chi connectivity index (χ3v) is 5.35. The molecule has 2 N–H and O–H groups in total. The fourth-order valence-corrected chi connectivity index (χ4v) is 3.52. The summed E-state index contributed by atoms with van der Waals surface area (Å²) in [6.07, 6.45) is 1.70. The largest absolute Gasteiger partial charge is 0.344 e. The first-order chi connectivity index (χ1) is 13.9. The maximum atomic E-state index is 13.0. The van der Waals surface area contributed by atoms with E-state index in [1.807, 2.05) is 74.7 Å². The number of aryl methyl sites for hydroxylation is 2. The molecule has 2 aromatic carbocycles. The zero-order chi connectivity index (χ0) is 20.8. The van der Waals surface area contributed by atoms with E-state index in [9.17, 15) is 9.59 Å². The lowest BCUT2D eigenvalue weighted by atomic mass is 10.1. The highest BCUT2D eigenvalue weighted by Crippen LogP contribution is 2.16. The predicted molar refractivity (Wildman–Crippen MR) is 119 cm³/mol. The van der Waals surface area contributed by atoms with E-state index in [0.717, 1.165) is 21.6 Å². The minimum absolute atomic E-state index is 0.189. The van der Waals surface area contributed by atoms with E-state index in [1.54, 1.807) is 18.2 Å². The minimum atomic E-state index is -0.326. The van der Waals surface area contributed by atoms with Gasteiger partial charge in [-0.3, -0.25) is 9.59 Å². The second-order valence-electron chi connectivity index (χ2n) is 7.00. The molecule has 0 bridgehead atoms. The smallest absolute Gasteiger partial charge is 0.268 e. The number of hydrogen-bond acceptors (Lipinski definition) is 3. The molecule has 3 rings (SSSR count). The second kappa shape index (κ2) is 9.34. The van der Waals surface area contributed by atoms with Crippen LogP contribution in [0.5, 0.6) is 0 Å². The van der Waals surface area contributed by atoms with Gasteiger partial charge in [-0.25, -0.2) is 0 Å². The molecule has 0 unspecified atom stereocenters. The highest BCUT2D eigenvalue weighted by atomic mass is 32.1. The standard InChI is InChI=1S/C24H24N2O2S/c1-16-9-11-19(12-10-16)18(3)25-24(28)22(15-21-8-5-13-29-21)26-23(27)20-7-4-6-17(2)14-20/h4-15,18H,1-3H3,(H,25,28)(H,26,27)/b22-15-/t18-/m1/s1. The SMILES string of the molecule is Cc1ccc([C@@H](C)NC(=O)/C(=C/c2cccs2)NC(=O)c2cccc(C)c2)cc1. The van der Waals surface area contributed by atoms with Crippen molar-refractivity contribution in [2.24, 2.45) is 0 Å². The lowest BCUT2D eigenvalue weighted by molar-refractivity contribution is -0.118. The Morgan fingerprint density at radius 3 is 2.38 bits per heavy atom. The van der Waals surface area contributed by atoms with E-state index < -0.39 is 0 Å². The van der Waals surface area contributed by atoms with Crippen LogP contribution in [0.25, 0.3) is 6.08 Å². The van der Waals surface area contributed by atoms with Crippen molar-refractivity contribution in [1.29, 1.82) is 0 Å². The fourth-order valence-electron chi connectivity index (χ4n) is 2.87. The van der Waals surface area contributed by atoms with Crippen LogP contribution < -0.4 is 10.6 Å². The third-order valence-electron chi connectivity index (χ3n) is 4.53. The maximum Gasteiger partial charge on any atom is 0.268 e. The number of thiophene rings is 1. The monoisotopic (exact) mass is 404 g/mol. The molecule has 0 radical (unpaired) electrons. The Hall–Kier alpha value is -3.18. The molecule has 0 aliphatic heterocycles. The van der Waals surface area contributed by atoms with Gasteiger partial charge in [-0.2, -0.15) is 0 Å². The molecule has 29 heavy (non-hydrogen) atoms. The van der Waals surface area contributed by atoms with Crippen LogP contribution in [0.1, 0.15) is 44.9 Å². The van der Waals surface area contributed by atoms with Crippen LogP contribution in [-0.2, 0) is 4.79 Å². The van der Waals surface area contributed by atoms with E-state index in [1.165, 1.54) is 11.3 Å². The van der Waals surface area contributed by atoms with Gasteiger partial charge in [0.2, 0.25) is 0 Å². The van der Waals surface area contributed by atoms with Crippen LogP contribution in [-0.4, -0.2) is 11.8 Å². The quantitative estimate of drug-likeness (QED) is 0.567. The normalized spacial score (nSPS) is 12.3. The first kappa shape index (κ1) is 20.6. The Morgan fingerprint density at radius 1 is 0.966 bits per heavy atom. The average Bonchev–Trinajstić information content (AvgIpc) is 3.21. The topological polar surface area (TPSA) is 58.2 Å². The van der Waals surface area contributed by atoms with E-state index in [-0.39, 0.29) is 23.6 Å². The van der Waals surface area contributed by atoms with E-state index in [0.29, 0.717) is 5.56 Å². The highest BCUT2D eigenvalue weighted by molar-refractivity contribution is 7.10. The first-order valence-electron chi connectivity index (χ1n) is 9.43. The summed E-state index contributed by atoms with van der Waals surface area (Å²) in [5, 5.41) is 7.69. The average molecular weight is 405 g/mol. The summed E-state index contributed by atoms with van der Waals surface area (Å²) in [6, 6.07) is 18.9. The number of benzene rings is 2. The summed E-state index contributed by atoms with van der Waals surface area (Å²) >= 11 is 1.50. The van der Waals surface area contributed by atoms with Crippen molar-refractivity contribution in [3.8, 4) is 0 Å². The second-order valence-corrected chi connectivity index (χ2v) is 7.98. The van der Waals surface area contributed by atoms with Crippen LogP contribution in [0.3, 0.4) is 0 Å². The number of amides is 2. The van der Waals surface area contributed by atoms with Crippen LogP contribution >= 0.6 is 11.3 Å². The number of nitrogens with one attached hydrogen (secondary N) is 2. The molecule has 0 fully saturated rings. The molecule has 0 aliphatic rings. The molecule has 148 valence electrons. The highest BCUT2D eigenvalue weighted by Gasteiger charge is 2.17. The molecule has 0 saturated heterocycles. The van der Waals surface area contributed by atoms with Crippen molar-refractivity contribution < 1.29 is 9.59 Å². The van der Waals surface area contributed by atoms with Crippen molar-refractivity contribution in [2.45, 2.75) is 26.8 Å². The molecule has 2 amide bonds. The number of carbonyl (C=O) groups excluding carboxylic acids is 2. The van der Waals surface area contributed by atoms with Gasteiger partial charge in [0.15, 0.2) is 0 Å². The van der Waals surface area contributed by atoms with Gasteiger partial charge >= 0.3 is 0 Å². The van der Waals surface area contributed by atoms with Gasteiger partial charge in [0.1, 0.15) is 5.70 Å². The lowest BCUT2D eigenvalue weighted by Crippen LogP contribution is -2.36. The summed E-state index contributed by atoms with van der Waals surface area (Å²) in [6.45, 7) is 5.87. The van der Waals surface area contributed by atoms with Crippen molar-refractivity contribution in [3.05, 3.63) is 98.9 Å². The number of rotatable bonds is 6. The first-order valence-corrected chi connectivity index (χ1v) is 10.3. The zero-order valence-corrected chi connectivity index (χ0v) is 17.5. The third kappa shape index (κ3) is 5.65. The molecule has 1 atom stereocenters. The van der Waals surface area contributed by atoms with E-state index in [4.69, 9.17) is 0 Å². The van der Waals surface area contributed by atoms with Crippen LogP contribution in [0, 0.1) is 13.8 Å². The summed E-state index contributed by atoms with van der Waals surface area (Å²) in [5.74, 6) is -0.637. The maximum absolute atomic E-state index is 13.0. The van der Waals surface area contributed by atoms with Crippen molar-refractivity contribution in [3.63, 3.8) is 0 Å². The molecule has 4 nitrogen and oxygen atoms in total. The summed E-state index contributed by atoms with van der Waals surface area (Å²) < 4.78 is 0. The molecule has 0 saturated carbocycles. The van der Waals surface area contributed by atoms with Crippen molar-refractivity contribution >= 4 is 29.2 Å². The Balaban J connectivity index is 1.80. The fraction of sp³-hybridized carbons (Fsp3) is 0.167. The van der Waals surface area contributed by atoms with Gasteiger partial charge in [-0.1, -0.05) is 53.6 Å². The number of hydrogen-bond donors (Lipinski definition) is 2. The van der Waals surface area contributed by atoms with Gasteiger partial charge in [0.25, 0.3) is 11.8 Å². The molecule has 0 spiro atoms. The van der Waals surface area contributed by atoms with E-state index in [2.05, 4.69) is 10.6 Å². The Morgan fingerprint density at radius 2 is 1.72 bits per heavy atom. The minimum Gasteiger partial charge on any atom is -0.344 e. The van der Waals surface area contributed by atoms with Crippen LogP contribution in [0.15, 0.2) is 71.7 Å². The Kier molecular flexibility index (Phi) is 6.62. The van der Waals surface area contributed by atoms with Gasteiger partial charge in [-0.15, -0.1) is 11.3 Å². The molecule has 5 heteroatoms. The van der Waals surface area contributed by atoms with Gasteiger partial charge in [-0.05, 0) is 56.0 Å².